The molecule has 1 amide bonds. The van der Waals surface area contributed by atoms with Crippen molar-refractivity contribution in [2.45, 2.75) is 20.0 Å². The van der Waals surface area contributed by atoms with E-state index in [1.165, 1.54) is 0 Å². The summed E-state index contributed by atoms with van der Waals surface area (Å²) in [5.74, 6) is -0.551. The summed E-state index contributed by atoms with van der Waals surface area (Å²) in [6, 6.07) is 7.88. The molecule has 0 bridgehead atoms. The Bertz CT molecular complexity index is 478. The number of likely N-dealkylation sites (N-methyl/N-ethyl adjacent to an activating group) is 1. The minimum absolute atomic E-state index is 0.344. The second kappa shape index (κ2) is 8.63. The van der Waals surface area contributed by atoms with Crippen LogP contribution in [0.3, 0.4) is 0 Å². The lowest BCUT2D eigenvalue weighted by Gasteiger charge is -2.25. The van der Waals surface area contributed by atoms with Crippen LogP contribution in [0.5, 0.6) is 0 Å². The van der Waals surface area contributed by atoms with Gasteiger partial charge in [-0.2, -0.15) is 13.2 Å². The van der Waals surface area contributed by atoms with Crippen LogP contribution in [0.4, 0.5) is 18.9 Å². The van der Waals surface area contributed by atoms with Crippen LogP contribution in [-0.4, -0.2) is 44.9 Å². The summed E-state index contributed by atoms with van der Waals surface area (Å²) in [4.78, 5) is 13.5. The van der Waals surface area contributed by atoms with Crippen LogP contribution >= 0.6 is 0 Å². The number of hydrogen-bond acceptors (Lipinski definition) is 3. The number of carbonyl (C=O) groups is 1. The van der Waals surface area contributed by atoms with Gasteiger partial charge in [-0.25, -0.2) is 0 Å². The molecule has 1 rings (SSSR count). The number of para-hydroxylation sites is 1. The molecule has 0 aliphatic rings. The maximum absolute atomic E-state index is 11.9. The van der Waals surface area contributed by atoms with Crippen LogP contribution in [0.1, 0.15) is 12.5 Å². The maximum atomic E-state index is 11.9. The molecule has 0 aromatic heterocycles. The molecular formula is C15H21F3N2O2. The fourth-order valence-corrected chi connectivity index (χ4v) is 2.01. The largest absolute Gasteiger partial charge is 0.411 e. The van der Waals surface area contributed by atoms with E-state index in [-0.39, 0.29) is 0 Å². The molecular weight excluding hydrogens is 297 g/mol. The van der Waals surface area contributed by atoms with E-state index >= 15 is 0 Å². The second-order valence-electron chi connectivity index (χ2n) is 4.82. The van der Waals surface area contributed by atoms with Crippen molar-refractivity contribution in [2.24, 2.45) is 0 Å². The third-order valence-electron chi connectivity index (χ3n) is 3.04. The second-order valence-corrected chi connectivity index (χ2v) is 4.82. The summed E-state index contributed by atoms with van der Waals surface area (Å²) >= 11 is 0. The molecule has 0 saturated carbocycles. The molecule has 22 heavy (non-hydrogen) atoms. The smallest absolute Gasteiger partial charge is 0.370 e. The van der Waals surface area contributed by atoms with Gasteiger partial charge in [0.05, 0.1) is 0 Å². The summed E-state index contributed by atoms with van der Waals surface area (Å²) in [5.41, 5.74) is 2.21. The molecule has 0 spiro atoms. The summed E-state index contributed by atoms with van der Waals surface area (Å²) in [6.07, 6.45) is -4.41. The number of alkyl halides is 3. The van der Waals surface area contributed by atoms with Crippen molar-refractivity contribution in [3.63, 3.8) is 0 Å². The summed E-state index contributed by atoms with van der Waals surface area (Å²) in [5, 5.41) is 2.55. The molecule has 4 nitrogen and oxygen atoms in total. The molecule has 0 aliphatic heterocycles. The van der Waals surface area contributed by atoms with E-state index in [1.807, 2.05) is 38.1 Å². The topological polar surface area (TPSA) is 41.6 Å². The van der Waals surface area contributed by atoms with Gasteiger partial charge in [0.2, 0.25) is 5.91 Å². The van der Waals surface area contributed by atoms with Gasteiger partial charge in [0.25, 0.3) is 0 Å². The highest BCUT2D eigenvalue weighted by Crippen LogP contribution is 2.18. The van der Waals surface area contributed by atoms with Crippen LogP contribution in [0.2, 0.25) is 0 Å². The van der Waals surface area contributed by atoms with Gasteiger partial charge < -0.3 is 15.0 Å². The van der Waals surface area contributed by atoms with Gasteiger partial charge in [-0.3, -0.25) is 4.79 Å². The lowest BCUT2D eigenvalue weighted by atomic mass is 10.2. The average molecular weight is 318 g/mol. The van der Waals surface area contributed by atoms with E-state index in [1.54, 1.807) is 0 Å². The fraction of sp³-hybridized carbons (Fsp3) is 0.533. The van der Waals surface area contributed by atoms with Gasteiger partial charge in [-0.15, -0.1) is 0 Å². The van der Waals surface area contributed by atoms with Crippen LogP contribution < -0.4 is 10.2 Å². The van der Waals surface area contributed by atoms with Crippen molar-refractivity contribution in [1.29, 1.82) is 0 Å². The third-order valence-corrected chi connectivity index (χ3v) is 3.04. The quantitative estimate of drug-likeness (QED) is 0.801. The zero-order chi connectivity index (χ0) is 16.6. The Balaban J connectivity index is 2.33. The lowest BCUT2D eigenvalue weighted by molar-refractivity contribution is -0.175. The van der Waals surface area contributed by atoms with Crippen LogP contribution in [-0.2, 0) is 9.53 Å². The Morgan fingerprint density at radius 2 is 2.00 bits per heavy atom. The summed E-state index contributed by atoms with van der Waals surface area (Å²) in [6.45, 7) is 3.69. The first-order valence-corrected chi connectivity index (χ1v) is 7.05. The molecule has 0 atom stereocenters. The van der Waals surface area contributed by atoms with Gasteiger partial charge in [-0.1, -0.05) is 18.2 Å². The Hall–Kier alpha value is -1.76. The number of rotatable bonds is 8. The zero-order valence-corrected chi connectivity index (χ0v) is 12.7. The van der Waals surface area contributed by atoms with Crippen LogP contribution in [0.25, 0.3) is 0 Å². The number of halogens is 3. The van der Waals surface area contributed by atoms with E-state index < -0.39 is 25.3 Å². The first-order chi connectivity index (χ1) is 10.3. The van der Waals surface area contributed by atoms with Gasteiger partial charge >= 0.3 is 6.18 Å². The number of nitrogens with one attached hydrogen (secondary N) is 1. The first kappa shape index (κ1) is 18.3. The number of ether oxygens (including phenoxy) is 1. The number of hydrogen-bond donors (Lipinski definition) is 1. The van der Waals surface area contributed by atoms with Crippen LogP contribution in [0, 0.1) is 6.92 Å². The molecule has 0 heterocycles. The zero-order valence-electron chi connectivity index (χ0n) is 12.7. The monoisotopic (exact) mass is 318 g/mol. The van der Waals surface area contributed by atoms with E-state index in [4.69, 9.17) is 0 Å². The molecule has 7 heteroatoms. The molecule has 0 aliphatic carbocycles. The highest BCUT2D eigenvalue weighted by Gasteiger charge is 2.27. The van der Waals surface area contributed by atoms with Crippen molar-refractivity contribution < 1.29 is 22.7 Å². The van der Waals surface area contributed by atoms with Crippen molar-refractivity contribution in [1.82, 2.24) is 5.32 Å². The molecule has 0 radical (unpaired) electrons. The molecule has 0 fully saturated rings. The van der Waals surface area contributed by atoms with Gasteiger partial charge in [0, 0.05) is 25.3 Å². The molecule has 1 aromatic rings. The van der Waals surface area contributed by atoms with E-state index in [0.29, 0.717) is 13.1 Å². The number of anilines is 1. The number of aryl methyl sites for hydroxylation is 1. The number of nitrogens with zero attached hydrogens (tertiary/aromatic N) is 1. The molecule has 124 valence electrons. The maximum Gasteiger partial charge on any atom is 0.411 e. The molecule has 1 aromatic carbocycles. The predicted octanol–water partition coefficient (Wildman–Crippen LogP) is 2.52. The van der Waals surface area contributed by atoms with Gasteiger partial charge in [0.1, 0.15) is 13.2 Å². The molecule has 0 unspecified atom stereocenters. The fourth-order valence-electron chi connectivity index (χ4n) is 2.01. The Labute approximate surface area is 128 Å². The number of carbonyl (C=O) groups excluding carboxylic acids is 1. The minimum Gasteiger partial charge on any atom is -0.370 e. The SMILES string of the molecule is CCN(CCNC(=O)COCC(F)(F)F)c1ccccc1C. The number of benzene rings is 1. The van der Waals surface area contributed by atoms with E-state index in [9.17, 15) is 18.0 Å². The van der Waals surface area contributed by atoms with Crippen molar-refractivity contribution in [3.05, 3.63) is 29.8 Å². The van der Waals surface area contributed by atoms with Gasteiger partial charge in [0.15, 0.2) is 0 Å². The van der Waals surface area contributed by atoms with Crippen LogP contribution in [0.15, 0.2) is 24.3 Å². The average Bonchev–Trinajstić information content (AvgIpc) is 2.43. The highest BCUT2D eigenvalue weighted by atomic mass is 19.4. The summed E-state index contributed by atoms with van der Waals surface area (Å²) < 4.78 is 39.9. The standard InChI is InChI=1S/C15H21F3N2O2/c1-3-20(13-7-5-4-6-12(13)2)9-8-19-14(21)10-22-11-15(16,17)18/h4-7H,3,8-11H2,1-2H3,(H,19,21). The van der Waals surface area contributed by atoms with Gasteiger partial charge in [-0.05, 0) is 25.5 Å². The molecule has 1 N–H and O–H groups in total. The summed E-state index contributed by atoms with van der Waals surface area (Å²) in [7, 11) is 0. The van der Waals surface area contributed by atoms with E-state index in [2.05, 4.69) is 15.0 Å². The van der Waals surface area contributed by atoms with Crippen molar-refractivity contribution in [2.75, 3.05) is 37.7 Å². The first-order valence-electron chi connectivity index (χ1n) is 7.05. The van der Waals surface area contributed by atoms with Crippen molar-refractivity contribution in [3.8, 4) is 0 Å². The minimum atomic E-state index is -4.41. The Morgan fingerprint density at radius 3 is 2.59 bits per heavy atom. The number of amides is 1. The lowest BCUT2D eigenvalue weighted by Crippen LogP contribution is -2.37. The Morgan fingerprint density at radius 1 is 1.32 bits per heavy atom. The normalized spacial score (nSPS) is 11.3. The third kappa shape index (κ3) is 6.80. The van der Waals surface area contributed by atoms with Crippen molar-refractivity contribution >= 4 is 11.6 Å². The van der Waals surface area contributed by atoms with E-state index in [0.717, 1.165) is 17.8 Å². The Kier molecular flexibility index (Phi) is 7.17. The highest BCUT2D eigenvalue weighted by molar-refractivity contribution is 5.77. The predicted molar refractivity (Wildman–Crippen MR) is 78.9 cm³/mol. The molecule has 0 saturated heterocycles.